The van der Waals surface area contributed by atoms with E-state index in [2.05, 4.69) is 34.5 Å². The zero-order valence-corrected chi connectivity index (χ0v) is 10.9. The maximum Gasteiger partial charge on any atom is 0.226 e. The lowest BCUT2D eigenvalue weighted by atomic mass is 9.64. The summed E-state index contributed by atoms with van der Waals surface area (Å²) in [5.41, 5.74) is 0.335. The van der Waals surface area contributed by atoms with Crippen LogP contribution in [0.5, 0.6) is 0 Å². The molecule has 1 N–H and O–H groups in total. The smallest absolute Gasteiger partial charge is 0.226 e. The zero-order chi connectivity index (χ0) is 12.8. The number of aromatic amines is 1. The molecule has 1 aromatic rings. The number of hydrogen-bond acceptors (Lipinski definition) is 4. The maximum atomic E-state index is 12.5. The van der Waals surface area contributed by atoms with Crippen LogP contribution in [0.2, 0.25) is 0 Å². The number of carbonyl (C=O) groups is 1. The zero-order valence-electron chi connectivity index (χ0n) is 10.9. The van der Waals surface area contributed by atoms with Crippen LogP contribution in [0.25, 0.3) is 0 Å². The number of rotatable bonds is 2. The van der Waals surface area contributed by atoms with Gasteiger partial charge in [0.25, 0.3) is 0 Å². The van der Waals surface area contributed by atoms with Gasteiger partial charge in [0, 0.05) is 12.5 Å². The highest BCUT2D eigenvalue weighted by Gasteiger charge is 2.44. The molecule has 3 rings (SSSR count). The number of aromatic nitrogens is 4. The topological polar surface area (TPSA) is 74.8 Å². The number of H-pyrrole nitrogens is 1. The number of carbonyl (C=O) groups excluding carboxylic acids is 1. The average molecular weight is 249 g/mol. The summed E-state index contributed by atoms with van der Waals surface area (Å²) >= 11 is 0. The molecule has 1 saturated heterocycles. The molecule has 1 aliphatic carbocycles. The largest absolute Gasteiger partial charge is 0.332 e. The number of likely N-dealkylation sites (tertiary alicyclic amines) is 1. The molecule has 2 fully saturated rings. The summed E-state index contributed by atoms with van der Waals surface area (Å²) < 4.78 is 0. The Morgan fingerprint density at radius 3 is 2.83 bits per heavy atom. The lowest BCUT2D eigenvalue weighted by Crippen LogP contribution is -2.44. The summed E-state index contributed by atoms with van der Waals surface area (Å²) in [4.78, 5) is 14.4. The van der Waals surface area contributed by atoms with Crippen molar-refractivity contribution in [2.75, 3.05) is 6.54 Å². The van der Waals surface area contributed by atoms with Crippen LogP contribution in [0.1, 0.15) is 51.4 Å². The third kappa shape index (κ3) is 1.89. The van der Waals surface area contributed by atoms with E-state index < -0.39 is 0 Å². The van der Waals surface area contributed by atoms with Gasteiger partial charge in [-0.1, -0.05) is 19.1 Å². The van der Waals surface area contributed by atoms with E-state index in [0.29, 0.717) is 11.2 Å². The molecule has 0 radical (unpaired) electrons. The molecule has 1 aromatic heterocycles. The fourth-order valence-electron chi connectivity index (χ4n) is 3.29. The lowest BCUT2D eigenvalue weighted by molar-refractivity contribution is -0.143. The molecule has 2 aliphatic rings. The van der Waals surface area contributed by atoms with Gasteiger partial charge < -0.3 is 4.90 Å². The molecular formula is C12H19N5O. The van der Waals surface area contributed by atoms with Gasteiger partial charge in [0.1, 0.15) is 0 Å². The standard InChI is InChI=1S/C12H19N5O/c1-12(2)6-8(7-12)11(18)17-5-3-4-9(17)10-13-15-16-14-10/h8-9H,3-7H2,1-2H3,(H,13,14,15,16). The van der Waals surface area contributed by atoms with Crippen LogP contribution in [0, 0.1) is 11.3 Å². The molecule has 6 nitrogen and oxygen atoms in total. The third-order valence-corrected chi connectivity index (χ3v) is 4.14. The molecule has 2 heterocycles. The van der Waals surface area contributed by atoms with E-state index in [4.69, 9.17) is 0 Å². The van der Waals surface area contributed by atoms with Crippen molar-refractivity contribution < 1.29 is 4.79 Å². The molecule has 1 atom stereocenters. The van der Waals surface area contributed by atoms with Crippen LogP contribution < -0.4 is 0 Å². The van der Waals surface area contributed by atoms with Gasteiger partial charge >= 0.3 is 0 Å². The van der Waals surface area contributed by atoms with Crippen molar-refractivity contribution in [1.82, 2.24) is 25.5 Å². The van der Waals surface area contributed by atoms with Crippen LogP contribution in [0.15, 0.2) is 0 Å². The Hall–Kier alpha value is -1.46. The minimum absolute atomic E-state index is 0.0277. The molecule has 1 unspecified atom stereocenters. The number of amides is 1. The monoisotopic (exact) mass is 249 g/mol. The van der Waals surface area contributed by atoms with Gasteiger partial charge in [0.15, 0.2) is 5.82 Å². The fraction of sp³-hybridized carbons (Fsp3) is 0.833. The first-order chi connectivity index (χ1) is 8.57. The highest BCUT2D eigenvalue weighted by molar-refractivity contribution is 5.80. The maximum absolute atomic E-state index is 12.5. The number of nitrogens with zero attached hydrogens (tertiary/aromatic N) is 4. The van der Waals surface area contributed by atoms with E-state index in [0.717, 1.165) is 32.2 Å². The van der Waals surface area contributed by atoms with Crippen molar-refractivity contribution in [3.8, 4) is 0 Å². The Morgan fingerprint density at radius 2 is 2.22 bits per heavy atom. The van der Waals surface area contributed by atoms with Crippen LogP contribution in [-0.4, -0.2) is 38.0 Å². The van der Waals surface area contributed by atoms with Gasteiger partial charge in [0.05, 0.1) is 6.04 Å². The summed E-state index contributed by atoms with van der Waals surface area (Å²) in [6.07, 6.45) is 3.98. The van der Waals surface area contributed by atoms with E-state index in [1.807, 2.05) is 4.90 Å². The van der Waals surface area contributed by atoms with Gasteiger partial charge in [-0.25, -0.2) is 0 Å². The minimum atomic E-state index is 0.0277. The van der Waals surface area contributed by atoms with E-state index in [1.165, 1.54) is 0 Å². The summed E-state index contributed by atoms with van der Waals surface area (Å²) in [7, 11) is 0. The molecule has 6 heteroatoms. The minimum Gasteiger partial charge on any atom is -0.332 e. The summed E-state index contributed by atoms with van der Waals surface area (Å²) in [6, 6.07) is 0.0277. The number of nitrogens with one attached hydrogen (secondary N) is 1. The molecule has 1 saturated carbocycles. The van der Waals surface area contributed by atoms with Gasteiger partial charge in [-0.2, -0.15) is 5.21 Å². The number of hydrogen-bond donors (Lipinski definition) is 1. The summed E-state index contributed by atoms with van der Waals surface area (Å²) in [5, 5.41) is 14.1. The molecule has 1 amide bonds. The van der Waals surface area contributed by atoms with Crippen molar-refractivity contribution in [2.24, 2.45) is 11.3 Å². The molecule has 98 valence electrons. The fourth-order valence-corrected chi connectivity index (χ4v) is 3.29. The quantitative estimate of drug-likeness (QED) is 0.857. The Kier molecular flexibility index (Phi) is 2.60. The van der Waals surface area contributed by atoms with Crippen LogP contribution in [0.3, 0.4) is 0 Å². The molecule has 0 spiro atoms. The van der Waals surface area contributed by atoms with Crippen molar-refractivity contribution in [2.45, 2.75) is 45.6 Å². The van der Waals surface area contributed by atoms with Crippen molar-refractivity contribution >= 4 is 5.91 Å². The van der Waals surface area contributed by atoms with Crippen molar-refractivity contribution in [1.29, 1.82) is 0 Å². The molecule has 0 bridgehead atoms. The van der Waals surface area contributed by atoms with Gasteiger partial charge in [-0.15, -0.1) is 10.2 Å². The SMILES string of the molecule is CC1(C)CC(C(=O)N2CCCC2c2nn[nH]n2)C1. The van der Waals surface area contributed by atoms with Crippen molar-refractivity contribution in [3.63, 3.8) is 0 Å². The Labute approximate surface area is 106 Å². The van der Waals surface area contributed by atoms with E-state index in [9.17, 15) is 4.79 Å². The van der Waals surface area contributed by atoms with Crippen LogP contribution in [0.4, 0.5) is 0 Å². The van der Waals surface area contributed by atoms with Crippen LogP contribution in [-0.2, 0) is 4.79 Å². The second-order valence-corrected chi connectivity index (χ2v) is 6.23. The highest BCUT2D eigenvalue weighted by Crippen LogP contribution is 2.46. The molecule has 1 aliphatic heterocycles. The predicted octanol–water partition coefficient (Wildman–Crippen LogP) is 1.30. The Bertz CT molecular complexity index is 433. The molecule has 0 aromatic carbocycles. The van der Waals surface area contributed by atoms with Gasteiger partial charge in [-0.05, 0) is 31.1 Å². The lowest BCUT2D eigenvalue weighted by Gasteiger charge is -2.43. The first-order valence-corrected chi connectivity index (χ1v) is 6.61. The Morgan fingerprint density at radius 1 is 1.44 bits per heavy atom. The molecule has 18 heavy (non-hydrogen) atoms. The van der Waals surface area contributed by atoms with E-state index >= 15 is 0 Å². The van der Waals surface area contributed by atoms with E-state index in [1.54, 1.807) is 0 Å². The van der Waals surface area contributed by atoms with Gasteiger partial charge in [0.2, 0.25) is 5.91 Å². The Balaban J connectivity index is 1.70. The van der Waals surface area contributed by atoms with E-state index in [-0.39, 0.29) is 17.9 Å². The second kappa shape index (κ2) is 4.03. The van der Waals surface area contributed by atoms with Crippen LogP contribution >= 0.6 is 0 Å². The normalized spacial score (nSPS) is 27.2. The first-order valence-electron chi connectivity index (χ1n) is 6.61. The molecular weight excluding hydrogens is 230 g/mol. The predicted molar refractivity (Wildman–Crippen MR) is 64.4 cm³/mol. The van der Waals surface area contributed by atoms with Crippen molar-refractivity contribution in [3.05, 3.63) is 5.82 Å². The number of tetrazole rings is 1. The second-order valence-electron chi connectivity index (χ2n) is 6.23. The third-order valence-electron chi connectivity index (χ3n) is 4.14. The summed E-state index contributed by atoms with van der Waals surface area (Å²) in [6.45, 7) is 5.27. The highest BCUT2D eigenvalue weighted by atomic mass is 16.2. The van der Waals surface area contributed by atoms with Gasteiger partial charge in [-0.3, -0.25) is 4.79 Å². The summed E-state index contributed by atoms with van der Waals surface area (Å²) in [5.74, 6) is 1.13. The average Bonchev–Trinajstić information content (AvgIpc) is 2.94. The first kappa shape index (κ1) is 11.6.